The molecular weight excluding hydrogens is 434 g/mol. The number of rotatable bonds is 2. The molecule has 1 atom stereocenters. The van der Waals surface area contributed by atoms with Gasteiger partial charge in [0.25, 0.3) is 0 Å². The number of hydrogen-bond acceptors (Lipinski definition) is 6. The van der Waals surface area contributed by atoms with Crippen LogP contribution in [0.4, 0.5) is 14.7 Å². The Hall–Kier alpha value is -1.35. The van der Waals surface area contributed by atoms with Crippen LogP contribution in [0.25, 0.3) is 0 Å². The average molecular weight is 462 g/mol. The molecule has 0 saturated carbocycles. The van der Waals surface area contributed by atoms with Gasteiger partial charge in [-0.3, -0.25) is 9.80 Å². The Bertz CT molecular complexity index is 708. The van der Waals surface area contributed by atoms with Gasteiger partial charge in [0.05, 0.1) is 15.5 Å². The van der Waals surface area contributed by atoms with Crippen molar-refractivity contribution in [1.82, 2.24) is 9.88 Å². The Morgan fingerprint density at radius 1 is 1.19 bits per heavy atom. The van der Waals surface area contributed by atoms with Crippen molar-refractivity contribution in [3.8, 4) is 0 Å². The first-order valence-electron chi connectivity index (χ1n) is 8.91. The molecule has 1 aromatic heterocycles. The maximum Gasteiger partial charge on any atom is 0.416 e. The van der Waals surface area contributed by atoms with Gasteiger partial charge < -0.3 is 9.47 Å². The van der Waals surface area contributed by atoms with E-state index in [1.165, 1.54) is 16.2 Å². The quantitative estimate of drug-likeness (QED) is 0.593. The molecule has 2 amide bonds. The van der Waals surface area contributed by atoms with E-state index >= 15 is 0 Å². The smallest absolute Gasteiger partial charge is 0.416 e. The second-order valence-corrected chi connectivity index (χ2v) is 10.8. The highest BCUT2D eigenvalue weighted by molar-refractivity contribution is 9.11. The summed E-state index contributed by atoms with van der Waals surface area (Å²) in [6, 6.07) is -0.175. The highest BCUT2D eigenvalue weighted by Gasteiger charge is 2.36. The molecule has 0 aliphatic carbocycles. The van der Waals surface area contributed by atoms with Gasteiger partial charge in [0.2, 0.25) is 0 Å². The second-order valence-electron chi connectivity index (χ2n) is 8.53. The number of anilines is 1. The fraction of sp³-hybridized carbons (Fsp3) is 0.722. The number of hydrogen-bond donors (Lipinski definition) is 0. The summed E-state index contributed by atoms with van der Waals surface area (Å²) in [4.78, 5) is 32.6. The van der Waals surface area contributed by atoms with Gasteiger partial charge in [-0.15, -0.1) is 0 Å². The molecule has 2 rings (SSSR count). The van der Waals surface area contributed by atoms with E-state index < -0.39 is 17.3 Å². The molecular formula is C18H28BrN3O4S. The van der Waals surface area contributed by atoms with Crippen molar-refractivity contribution in [2.45, 2.75) is 71.6 Å². The van der Waals surface area contributed by atoms with E-state index in [0.717, 1.165) is 22.3 Å². The Balaban J connectivity index is 2.19. The predicted molar refractivity (Wildman–Crippen MR) is 109 cm³/mol. The minimum absolute atomic E-state index is 0.175. The van der Waals surface area contributed by atoms with Crippen LogP contribution in [-0.4, -0.2) is 46.9 Å². The maximum absolute atomic E-state index is 12.5. The first-order valence-corrected chi connectivity index (χ1v) is 10.5. The summed E-state index contributed by atoms with van der Waals surface area (Å²) >= 11 is 4.88. The number of nitrogens with zero attached hydrogens (tertiary/aromatic N) is 3. The van der Waals surface area contributed by atoms with Gasteiger partial charge >= 0.3 is 12.2 Å². The number of thiazole rings is 1. The fourth-order valence-corrected chi connectivity index (χ4v) is 4.24. The lowest BCUT2D eigenvalue weighted by Gasteiger charge is -2.28. The zero-order valence-corrected chi connectivity index (χ0v) is 19.4. The molecule has 0 spiro atoms. The zero-order chi connectivity index (χ0) is 20.6. The van der Waals surface area contributed by atoms with Gasteiger partial charge in [-0.2, -0.15) is 0 Å². The second kappa shape index (κ2) is 7.95. The molecule has 2 heterocycles. The van der Waals surface area contributed by atoms with Crippen molar-refractivity contribution < 1.29 is 19.1 Å². The van der Waals surface area contributed by atoms with Crippen LogP contribution in [0.1, 0.15) is 66.1 Å². The van der Waals surface area contributed by atoms with Crippen molar-refractivity contribution >= 4 is 44.6 Å². The Kier molecular flexibility index (Phi) is 6.46. The highest BCUT2D eigenvalue weighted by Crippen LogP contribution is 2.41. The molecule has 0 N–H and O–H groups in total. The van der Waals surface area contributed by atoms with Gasteiger partial charge in [-0.05, 0) is 70.3 Å². The Morgan fingerprint density at radius 3 is 2.33 bits per heavy atom. The molecule has 0 aromatic carbocycles. The van der Waals surface area contributed by atoms with Crippen LogP contribution in [0.2, 0.25) is 0 Å². The third-order valence-electron chi connectivity index (χ3n) is 3.75. The van der Waals surface area contributed by atoms with Gasteiger partial charge in [0, 0.05) is 13.6 Å². The molecule has 1 aromatic rings. The predicted octanol–water partition coefficient (Wildman–Crippen LogP) is 5.35. The minimum Gasteiger partial charge on any atom is -0.444 e. The number of ether oxygens (including phenoxy) is 2. The third-order valence-corrected chi connectivity index (χ3v) is 5.58. The summed E-state index contributed by atoms with van der Waals surface area (Å²) in [5.41, 5.74) is -0.387. The number of aromatic nitrogens is 1. The van der Waals surface area contributed by atoms with E-state index in [1.807, 2.05) is 41.5 Å². The summed E-state index contributed by atoms with van der Waals surface area (Å²) < 4.78 is 11.7. The van der Waals surface area contributed by atoms with Crippen LogP contribution < -0.4 is 4.90 Å². The van der Waals surface area contributed by atoms with Crippen molar-refractivity contribution in [3.05, 3.63) is 9.48 Å². The lowest BCUT2D eigenvalue weighted by atomic mass is 10.2. The number of likely N-dealkylation sites (tertiary alicyclic amines) is 1. The van der Waals surface area contributed by atoms with E-state index in [9.17, 15) is 9.59 Å². The minimum atomic E-state index is -0.582. The van der Waals surface area contributed by atoms with E-state index in [2.05, 4.69) is 20.9 Å². The lowest BCUT2D eigenvalue weighted by Crippen LogP contribution is -2.36. The highest BCUT2D eigenvalue weighted by atomic mass is 79.9. The normalized spacial score (nSPS) is 17.8. The zero-order valence-electron chi connectivity index (χ0n) is 17.0. The molecule has 1 fully saturated rings. The van der Waals surface area contributed by atoms with Crippen LogP contribution >= 0.6 is 27.3 Å². The molecule has 9 heteroatoms. The molecule has 1 aliphatic heterocycles. The van der Waals surface area contributed by atoms with Crippen LogP contribution in [0.15, 0.2) is 3.79 Å². The maximum atomic E-state index is 12.5. The van der Waals surface area contributed by atoms with Gasteiger partial charge in [0.15, 0.2) is 5.13 Å². The molecule has 7 nitrogen and oxygen atoms in total. The fourth-order valence-electron chi connectivity index (χ4n) is 2.65. The van der Waals surface area contributed by atoms with Crippen LogP contribution in [0, 0.1) is 0 Å². The molecule has 0 bridgehead atoms. The Labute approximate surface area is 173 Å². The van der Waals surface area contributed by atoms with E-state index in [4.69, 9.17) is 9.47 Å². The molecule has 1 aliphatic rings. The van der Waals surface area contributed by atoms with E-state index in [1.54, 1.807) is 11.9 Å². The number of amides is 2. The molecule has 1 saturated heterocycles. The topological polar surface area (TPSA) is 72.0 Å². The summed E-state index contributed by atoms with van der Waals surface area (Å²) in [7, 11) is 1.63. The first kappa shape index (κ1) is 21.9. The first-order chi connectivity index (χ1) is 12.3. The van der Waals surface area contributed by atoms with E-state index in [-0.39, 0.29) is 12.1 Å². The summed E-state index contributed by atoms with van der Waals surface area (Å²) in [5, 5.41) is 0.516. The van der Waals surface area contributed by atoms with Crippen molar-refractivity contribution in [3.63, 3.8) is 0 Å². The van der Waals surface area contributed by atoms with Gasteiger partial charge in [0.1, 0.15) is 11.2 Å². The van der Waals surface area contributed by atoms with Gasteiger partial charge in [-0.1, -0.05) is 11.3 Å². The largest absolute Gasteiger partial charge is 0.444 e. The third kappa shape index (κ3) is 5.81. The molecule has 27 heavy (non-hydrogen) atoms. The summed E-state index contributed by atoms with van der Waals surface area (Å²) in [5.74, 6) is 0. The van der Waals surface area contributed by atoms with Crippen molar-refractivity contribution in [2.75, 3.05) is 18.5 Å². The Morgan fingerprint density at radius 2 is 1.78 bits per heavy atom. The number of carbonyl (C=O) groups is 2. The molecule has 0 unspecified atom stereocenters. The summed E-state index contributed by atoms with van der Waals surface area (Å²) in [6.45, 7) is 11.6. The van der Waals surface area contributed by atoms with Crippen LogP contribution in [0.5, 0.6) is 0 Å². The number of halogens is 1. The van der Waals surface area contributed by atoms with Crippen molar-refractivity contribution in [2.24, 2.45) is 0 Å². The van der Waals surface area contributed by atoms with Crippen LogP contribution in [0.3, 0.4) is 0 Å². The number of carbonyl (C=O) groups excluding carboxylic acids is 2. The van der Waals surface area contributed by atoms with E-state index in [0.29, 0.717) is 11.7 Å². The molecule has 152 valence electrons. The van der Waals surface area contributed by atoms with Gasteiger partial charge in [-0.25, -0.2) is 14.6 Å². The average Bonchev–Trinajstić information content (AvgIpc) is 3.08. The monoisotopic (exact) mass is 461 g/mol. The molecule has 0 radical (unpaired) electrons. The lowest BCUT2D eigenvalue weighted by molar-refractivity contribution is 0.0221. The SMILES string of the molecule is CN(C(=O)OC(C)(C)C)c1nc([C@H]2CCCN2C(=O)OC(C)(C)C)c(Br)s1. The summed E-state index contributed by atoms with van der Waals surface area (Å²) in [6.07, 6.45) is 0.875. The standard InChI is InChI=1S/C18H28BrN3O4S/c1-17(2,3)25-15(23)21(7)14-20-12(13(19)27-14)11-9-8-10-22(11)16(24)26-18(4,5)6/h11H,8-10H2,1-7H3/t11-/m1/s1. The van der Waals surface area contributed by atoms with Crippen LogP contribution in [-0.2, 0) is 9.47 Å². The van der Waals surface area contributed by atoms with Crippen molar-refractivity contribution in [1.29, 1.82) is 0 Å².